The number of hydrogen-bond donors (Lipinski definition) is 2. The number of rotatable bonds is 9. The molecule has 1 rings (SSSR count). The van der Waals surface area contributed by atoms with Gasteiger partial charge in [-0.05, 0) is 66.0 Å². The van der Waals surface area contributed by atoms with Crippen molar-refractivity contribution in [2.24, 2.45) is 0 Å². The van der Waals surface area contributed by atoms with Crippen LogP contribution in [0.2, 0.25) is 0 Å². The molecule has 0 aromatic rings. The zero-order valence-corrected chi connectivity index (χ0v) is 11.8. The maximum atomic E-state index is 5.52. The lowest BCUT2D eigenvalue weighted by Crippen LogP contribution is -2.34. The monoisotopic (exact) mass is 242 g/mol. The highest BCUT2D eigenvalue weighted by Crippen LogP contribution is 2.10. The molecule has 1 fully saturated rings. The summed E-state index contributed by atoms with van der Waals surface area (Å²) in [5, 5.41) is 7.15. The first-order chi connectivity index (χ1) is 8.18. The minimum atomic E-state index is 0.371. The molecule has 3 nitrogen and oxygen atoms in total. The average molecular weight is 242 g/mol. The van der Waals surface area contributed by atoms with Gasteiger partial charge in [0.25, 0.3) is 0 Å². The Morgan fingerprint density at radius 2 is 2.12 bits per heavy atom. The Labute approximate surface area is 107 Å². The van der Waals surface area contributed by atoms with Gasteiger partial charge in [0.15, 0.2) is 0 Å². The van der Waals surface area contributed by atoms with Crippen molar-refractivity contribution >= 4 is 0 Å². The lowest BCUT2D eigenvalue weighted by molar-refractivity contribution is 0.0759. The van der Waals surface area contributed by atoms with Crippen molar-refractivity contribution in [1.29, 1.82) is 0 Å². The first kappa shape index (κ1) is 14.9. The summed E-state index contributed by atoms with van der Waals surface area (Å²) >= 11 is 0. The lowest BCUT2D eigenvalue weighted by Gasteiger charge is -2.18. The van der Waals surface area contributed by atoms with Crippen LogP contribution >= 0.6 is 0 Å². The summed E-state index contributed by atoms with van der Waals surface area (Å²) < 4.78 is 5.52. The van der Waals surface area contributed by atoms with Crippen LogP contribution in [0.4, 0.5) is 0 Å². The SMILES string of the molecule is CC(CC1CCCN1)NCCCCOC(C)C. The molecule has 1 heterocycles. The Morgan fingerprint density at radius 3 is 2.76 bits per heavy atom. The summed E-state index contributed by atoms with van der Waals surface area (Å²) in [4.78, 5) is 0. The minimum absolute atomic E-state index is 0.371. The Kier molecular flexibility index (Phi) is 7.82. The van der Waals surface area contributed by atoms with Crippen LogP contribution in [-0.4, -0.2) is 37.9 Å². The highest BCUT2D eigenvalue weighted by atomic mass is 16.5. The van der Waals surface area contributed by atoms with E-state index in [0.29, 0.717) is 12.1 Å². The topological polar surface area (TPSA) is 33.3 Å². The number of hydrogen-bond acceptors (Lipinski definition) is 3. The van der Waals surface area contributed by atoms with E-state index in [1.807, 2.05) is 0 Å². The van der Waals surface area contributed by atoms with Crippen molar-refractivity contribution in [1.82, 2.24) is 10.6 Å². The van der Waals surface area contributed by atoms with Crippen molar-refractivity contribution < 1.29 is 4.74 Å². The van der Waals surface area contributed by atoms with E-state index < -0.39 is 0 Å². The van der Waals surface area contributed by atoms with Gasteiger partial charge >= 0.3 is 0 Å². The van der Waals surface area contributed by atoms with Gasteiger partial charge in [-0.3, -0.25) is 0 Å². The molecule has 17 heavy (non-hydrogen) atoms. The van der Waals surface area contributed by atoms with Crippen molar-refractivity contribution in [3.63, 3.8) is 0 Å². The minimum Gasteiger partial charge on any atom is -0.379 e. The molecule has 0 aromatic carbocycles. The van der Waals surface area contributed by atoms with E-state index >= 15 is 0 Å². The fraction of sp³-hybridized carbons (Fsp3) is 1.00. The molecule has 0 saturated carbocycles. The third kappa shape index (κ3) is 7.74. The molecule has 1 saturated heterocycles. The van der Waals surface area contributed by atoms with E-state index in [0.717, 1.165) is 19.2 Å². The van der Waals surface area contributed by atoms with Gasteiger partial charge in [-0.2, -0.15) is 0 Å². The van der Waals surface area contributed by atoms with E-state index in [2.05, 4.69) is 31.4 Å². The molecule has 3 heteroatoms. The second kappa shape index (κ2) is 8.90. The van der Waals surface area contributed by atoms with Gasteiger partial charge in [-0.25, -0.2) is 0 Å². The predicted molar refractivity (Wildman–Crippen MR) is 73.4 cm³/mol. The van der Waals surface area contributed by atoms with Crippen LogP contribution in [0.5, 0.6) is 0 Å². The predicted octanol–water partition coefficient (Wildman–Crippen LogP) is 2.31. The van der Waals surface area contributed by atoms with E-state index in [1.54, 1.807) is 0 Å². The van der Waals surface area contributed by atoms with Crippen molar-refractivity contribution in [3.05, 3.63) is 0 Å². The molecule has 2 unspecified atom stereocenters. The second-order valence-electron chi connectivity index (χ2n) is 5.51. The molecule has 0 bridgehead atoms. The molecule has 102 valence electrons. The Hall–Kier alpha value is -0.120. The highest BCUT2D eigenvalue weighted by molar-refractivity contribution is 4.78. The van der Waals surface area contributed by atoms with Crippen LogP contribution in [0.1, 0.15) is 52.9 Å². The summed E-state index contributed by atoms with van der Waals surface area (Å²) in [5.74, 6) is 0. The molecule has 2 atom stereocenters. The van der Waals surface area contributed by atoms with Gasteiger partial charge in [-0.1, -0.05) is 0 Å². The van der Waals surface area contributed by atoms with Gasteiger partial charge in [-0.15, -0.1) is 0 Å². The van der Waals surface area contributed by atoms with E-state index in [9.17, 15) is 0 Å². The summed E-state index contributed by atoms with van der Waals surface area (Å²) in [7, 11) is 0. The highest BCUT2D eigenvalue weighted by Gasteiger charge is 2.16. The first-order valence-electron chi connectivity index (χ1n) is 7.27. The molecular formula is C14H30N2O. The molecule has 0 amide bonds. The molecule has 0 aromatic heterocycles. The largest absolute Gasteiger partial charge is 0.379 e. The van der Waals surface area contributed by atoms with Crippen LogP contribution in [0, 0.1) is 0 Å². The zero-order valence-electron chi connectivity index (χ0n) is 11.8. The summed E-state index contributed by atoms with van der Waals surface area (Å²) in [6.45, 7) is 9.71. The fourth-order valence-electron chi connectivity index (χ4n) is 2.36. The fourth-order valence-corrected chi connectivity index (χ4v) is 2.36. The molecule has 0 spiro atoms. The Morgan fingerprint density at radius 1 is 1.29 bits per heavy atom. The molecule has 1 aliphatic heterocycles. The average Bonchev–Trinajstić information content (AvgIpc) is 2.75. The van der Waals surface area contributed by atoms with E-state index in [1.165, 1.54) is 38.6 Å². The van der Waals surface area contributed by atoms with E-state index in [4.69, 9.17) is 4.74 Å². The summed E-state index contributed by atoms with van der Waals surface area (Å²) in [6.07, 6.45) is 6.73. The van der Waals surface area contributed by atoms with Gasteiger partial charge < -0.3 is 15.4 Å². The maximum absolute atomic E-state index is 5.52. The van der Waals surface area contributed by atoms with Crippen LogP contribution < -0.4 is 10.6 Å². The molecule has 0 radical (unpaired) electrons. The zero-order chi connectivity index (χ0) is 12.5. The lowest BCUT2D eigenvalue weighted by atomic mass is 10.1. The Balaban J connectivity index is 1.87. The standard InChI is InChI=1S/C14H30N2O/c1-12(2)17-10-5-4-8-15-13(3)11-14-7-6-9-16-14/h12-16H,4-11H2,1-3H3. The number of nitrogens with one attached hydrogen (secondary N) is 2. The third-order valence-electron chi connectivity index (χ3n) is 3.32. The van der Waals surface area contributed by atoms with Crippen molar-refractivity contribution in [3.8, 4) is 0 Å². The quantitative estimate of drug-likeness (QED) is 0.609. The number of unbranched alkanes of at least 4 members (excludes halogenated alkanes) is 1. The summed E-state index contributed by atoms with van der Waals surface area (Å²) in [6, 6.07) is 1.39. The van der Waals surface area contributed by atoms with Crippen LogP contribution in [0.15, 0.2) is 0 Å². The van der Waals surface area contributed by atoms with Crippen molar-refractivity contribution in [2.45, 2.75) is 71.1 Å². The van der Waals surface area contributed by atoms with Crippen LogP contribution in [0.25, 0.3) is 0 Å². The van der Waals surface area contributed by atoms with Gasteiger partial charge in [0.05, 0.1) is 6.10 Å². The Bertz CT molecular complexity index is 179. The molecular weight excluding hydrogens is 212 g/mol. The van der Waals surface area contributed by atoms with Crippen LogP contribution in [-0.2, 0) is 4.74 Å². The molecule has 0 aliphatic carbocycles. The third-order valence-corrected chi connectivity index (χ3v) is 3.32. The van der Waals surface area contributed by atoms with Crippen molar-refractivity contribution in [2.75, 3.05) is 19.7 Å². The smallest absolute Gasteiger partial charge is 0.0518 e. The molecule has 2 N–H and O–H groups in total. The van der Waals surface area contributed by atoms with Gasteiger partial charge in [0.2, 0.25) is 0 Å². The number of ether oxygens (including phenoxy) is 1. The molecule has 1 aliphatic rings. The second-order valence-corrected chi connectivity index (χ2v) is 5.51. The summed E-state index contributed by atoms with van der Waals surface area (Å²) in [5.41, 5.74) is 0. The van der Waals surface area contributed by atoms with Gasteiger partial charge in [0, 0.05) is 18.7 Å². The maximum Gasteiger partial charge on any atom is 0.0518 e. The van der Waals surface area contributed by atoms with Crippen LogP contribution in [0.3, 0.4) is 0 Å². The van der Waals surface area contributed by atoms with E-state index in [-0.39, 0.29) is 0 Å². The first-order valence-corrected chi connectivity index (χ1v) is 7.27. The van der Waals surface area contributed by atoms with Gasteiger partial charge in [0.1, 0.15) is 0 Å². The normalized spacial score (nSPS) is 22.2.